The Balaban J connectivity index is 1.02. The summed E-state index contributed by atoms with van der Waals surface area (Å²) in [7, 11) is 0. The summed E-state index contributed by atoms with van der Waals surface area (Å²) in [6.45, 7) is 41.9. The van der Waals surface area contributed by atoms with Gasteiger partial charge in [0.25, 0.3) is 6.71 Å². The lowest BCUT2D eigenvalue weighted by molar-refractivity contribution is 0.444. The molecule has 1 saturated carbocycles. The van der Waals surface area contributed by atoms with E-state index in [9.17, 15) is 0 Å². The molecule has 0 N–H and O–H groups in total. The molecule has 0 bridgehead atoms. The Hall–Kier alpha value is -9.32. The molecule has 0 amide bonds. The van der Waals surface area contributed by atoms with Crippen LogP contribution in [0.3, 0.4) is 0 Å². The first-order valence-corrected chi connectivity index (χ1v) is 37.5. The highest BCUT2D eigenvalue weighted by Crippen LogP contribution is 2.52. The molecule has 2 aromatic heterocycles. The molecule has 1 fully saturated rings. The number of nitrogens with zero attached hydrogens (tertiary/aromatic N) is 4. The van der Waals surface area contributed by atoms with Gasteiger partial charge in [0.2, 0.25) is 0 Å². The summed E-state index contributed by atoms with van der Waals surface area (Å²) < 4.78 is 5.15. The van der Waals surface area contributed by atoms with Gasteiger partial charge >= 0.3 is 0 Å². The first kappa shape index (κ1) is 66.2. The van der Waals surface area contributed by atoms with E-state index in [0.29, 0.717) is 5.92 Å². The van der Waals surface area contributed by atoms with Gasteiger partial charge in [-0.2, -0.15) is 0 Å². The second-order valence-electron chi connectivity index (χ2n) is 36.2. The fourth-order valence-corrected chi connectivity index (χ4v) is 17.1. The van der Waals surface area contributed by atoms with Crippen LogP contribution in [-0.4, -0.2) is 15.8 Å². The monoisotopic (exact) mass is 1320 g/mol. The summed E-state index contributed by atoms with van der Waals surface area (Å²) in [5.41, 5.74) is 32.5. The Bertz CT molecular complexity index is 4980. The van der Waals surface area contributed by atoms with Gasteiger partial charge in [-0.1, -0.05) is 265 Å². The van der Waals surface area contributed by atoms with E-state index in [-0.39, 0.29) is 39.2 Å². The maximum absolute atomic E-state index is 2.72. The molecule has 0 radical (unpaired) electrons. The van der Waals surface area contributed by atoms with E-state index < -0.39 is 0 Å². The van der Waals surface area contributed by atoms with E-state index >= 15 is 0 Å². The highest BCUT2D eigenvalue weighted by Gasteiger charge is 2.45. The van der Waals surface area contributed by atoms with E-state index in [1.54, 1.807) is 0 Å². The molecule has 0 atom stereocenters. The summed E-state index contributed by atoms with van der Waals surface area (Å²) >= 11 is 0. The number of hydrogen-bond acceptors (Lipinski definition) is 2. The molecule has 5 heteroatoms. The van der Waals surface area contributed by atoms with Gasteiger partial charge < -0.3 is 18.9 Å². The largest absolute Gasteiger partial charge is 0.311 e. The van der Waals surface area contributed by atoms with Gasteiger partial charge in [-0.3, -0.25) is 0 Å². The van der Waals surface area contributed by atoms with E-state index in [1.807, 2.05) is 0 Å². The van der Waals surface area contributed by atoms with Crippen LogP contribution in [0.5, 0.6) is 0 Å². The minimum absolute atomic E-state index is 0.0104. The molecule has 0 spiro atoms. The fourth-order valence-electron chi connectivity index (χ4n) is 17.1. The third-order valence-electron chi connectivity index (χ3n) is 23.1. The van der Waals surface area contributed by atoms with Crippen molar-refractivity contribution in [3.05, 3.63) is 257 Å². The molecule has 3 aliphatic rings. The number of para-hydroxylation sites is 2. The van der Waals surface area contributed by atoms with Crippen molar-refractivity contribution in [2.45, 2.75) is 195 Å². The van der Waals surface area contributed by atoms with Gasteiger partial charge in [-0.25, -0.2) is 0 Å². The van der Waals surface area contributed by atoms with Crippen molar-refractivity contribution in [1.82, 2.24) is 9.13 Å². The zero-order chi connectivity index (χ0) is 70.8. The lowest BCUT2D eigenvalue weighted by Gasteiger charge is -2.45. The SMILES string of the molecule is CC(C)(C)c1ccc(-c2ccccc2N2c3cc(-n4c5ccc(C(C)(C)C)cc5c5cc(C(C)(C)C)ccc54)ccc3B3c4ccc(-n5c6ccc(C(C)(C)C)cc6c6cc(C(C)(C)C)ccc65)cc4N(c4ccccc4-c4ccc(C(C)(C)C)cc4)c4cc(C5CCCCC5)cc2c43)cc1. The summed E-state index contributed by atoms with van der Waals surface area (Å²) in [5, 5.41) is 5.16. The minimum atomic E-state index is -0.138. The van der Waals surface area contributed by atoms with Crippen molar-refractivity contribution >= 4 is 101 Å². The zero-order valence-corrected chi connectivity index (χ0v) is 63.3. The number of hydrogen-bond donors (Lipinski definition) is 0. The number of anilines is 6. The van der Waals surface area contributed by atoms with Crippen LogP contribution in [-0.2, 0) is 32.5 Å². The number of fused-ring (bicyclic) bond motifs is 10. The molecule has 4 nitrogen and oxygen atoms in total. The summed E-state index contributed by atoms with van der Waals surface area (Å²) in [5.74, 6) is 0.399. The smallest absolute Gasteiger partial charge is 0.252 e. The number of aromatic nitrogens is 2. The van der Waals surface area contributed by atoms with Crippen molar-refractivity contribution in [2.24, 2.45) is 0 Å². The quantitative estimate of drug-likeness (QED) is 0.148. The molecule has 0 saturated heterocycles. The van der Waals surface area contributed by atoms with Gasteiger partial charge in [0.05, 0.1) is 33.4 Å². The van der Waals surface area contributed by atoms with Gasteiger partial charge in [0, 0.05) is 66.8 Å². The Kier molecular flexibility index (Phi) is 15.5. The second-order valence-corrected chi connectivity index (χ2v) is 36.2. The lowest BCUT2D eigenvalue weighted by atomic mass is 9.33. The number of benzene rings is 11. The predicted octanol–water partition coefficient (Wildman–Crippen LogP) is 25.1. The Morgan fingerprint density at radius 2 is 0.604 bits per heavy atom. The average molecular weight is 1320 g/mol. The van der Waals surface area contributed by atoms with Crippen LogP contribution in [0.25, 0.3) is 77.2 Å². The molecular weight excluding hydrogens is 1220 g/mol. The van der Waals surface area contributed by atoms with Crippen LogP contribution >= 0.6 is 0 Å². The highest BCUT2D eigenvalue weighted by molar-refractivity contribution is 7.00. The van der Waals surface area contributed by atoms with Crippen LogP contribution < -0.4 is 26.2 Å². The molecule has 11 aromatic carbocycles. The van der Waals surface area contributed by atoms with Gasteiger partial charge in [-0.05, 0) is 215 Å². The summed E-state index contributed by atoms with van der Waals surface area (Å²) in [4.78, 5) is 5.45. The predicted molar refractivity (Wildman–Crippen MR) is 438 cm³/mol. The van der Waals surface area contributed by atoms with Crippen molar-refractivity contribution in [3.63, 3.8) is 0 Å². The normalized spacial score (nSPS) is 14.7. The number of rotatable bonds is 7. The third-order valence-corrected chi connectivity index (χ3v) is 23.1. The molecule has 101 heavy (non-hydrogen) atoms. The summed E-state index contributed by atoms with van der Waals surface area (Å²) in [6, 6.07) is 87.0. The molecular formula is C96H101BN4. The second kappa shape index (κ2) is 23.6. The Labute approximate surface area is 602 Å². The average Bonchev–Trinajstić information content (AvgIpc) is 1.05. The fraction of sp³-hybridized carbons (Fsp3) is 0.312. The first-order chi connectivity index (χ1) is 47.9. The van der Waals surface area contributed by atoms with Crippen LogP contribution in [0.15, 0.2) is 218 Å². The van der Waals surface area contributed by atoms with Crippen molar-refractivity contribution in [1.29, 1.82) is 0 Å². The standard InChI is InChI=1S/C96H101BN4/c1-91(2,3)64-36-32-61(33-37-64)72-28-22-24-30-80(72)100-86-58-70(98-82-48-40-66(93(7,8)9)54-74(82)75-55-67(94(10,11)12)41-49-83(75)98)44-46-78(86)97-79-47-45-71(99-84-50-42-68(95(13,14)15)56-76(84)77-57-69(96(16,17)18)43-51-85(77)99)59-87(79)101(89-53-63(52-88(100)90(89)97)60-26-20-19-21-27-60)81-31-25-23-29-73(81)62-34-38-65(39-35-62)92(4,5)6/h22-25,28-60H,19-21,26-27H2,1-18H3. The highest BCUT2D eigenvalue weighted by atomic mass is 15.2. The van der Waals surface area contributed by atoms with Crippen LogP contribution in [0.4, 0.5) is 34.1 Å². The van der Waals surface area contributed by atoms with Gasteiger partial charge in [0.15, 0.2) is 0 Å². The molecule has 1 aliphatic carbocycles. The van der Waals surface area contributed by atoms with Crippen molar-refractivity contribution in [3.8, 4) is 33.6 Å². The van der Waals surface area contributed by atoms with Crippen molar-refractivity contribution in [2.75, 3.05) is 9.80 Å². The first-order valence-electron chi connectivity index (χ1n) is 37.5. The van der Waals surface area contributed by atoms with Gasteiger partial charge in [0.1, 0.15) is 0 Å². The van der Waals surface area contributed by atoms with Crippen LogP contribution in [0, 0.1) is 0 Å². The maximum atomic E-state index is 2.72. The Morgan fingerprint density at radius 3 is 0.931 bits per heavy atom. The lowest BCUT2D eigenvalue weighted by Crippen LogP contribution is -2.61. The molecule has 2 aliphatic heterocycles. The maximum Gasteiger partial charge on any atom is 0.252 e. The molecule has 13 aromatic rings. The van der Waals surface area contributed by atoms with E-state index in [4.69, 9.17) is 0 Å². The van der Waals surface area contributed by atoms with Crippen molar-refractivity contribution < 1.29 is 0 Å². The zero-order valence-electron chi connectivity index (χ0n) is 63.3. The van der Waals surface area contributed by atoms with Crippen LogP contribution in [0.2, 0.25) is 0 Å². The van der Waals surface area contributed by atoms with E-state index in [2.05, 4.69) is 362 Å². The minimum Gasteiger partial charge on any atom is -0.311 e. The molecule has 0 unspecified atom stereocenters. The Morgan fingerprint density at radius 1 is 0.287 bits per heavy atom. The van der Waals surface area contributed by atoms with Crippen LogP contribution in [0.1, 0.15) is 202 Å². The van der Waals surface area contributed by atoms with E-state index in [1.165, 1.54) is 187 Å². The molecule has 508 valence electrons. The molecule has 16 rings (SSSR count). The van der Waals surface area contributed by atoms with Gasteiger partial charge in [-0.15, -0.1) is 0 Å². The summed E-state index contributed by atoms with van der Waals surface area (Å²) in [6.07, 6.45) is 6.07. The third kappa shape index (κ3) is 11.3. The topological polar surface area (TPSA) is 16.3 Å². The van der Waals surface area contributed by atoms with E-state index in [0.717, 1.165) is 11.4 Å². The molecule has 4 heterocycles.